The van der Waals surface area contributed by atoms with Gasteiger partial charge in [0.2, 0.25) is 5.78 Å². The van der Waals surface area contributed by atoms with E-state index < -0.39 is 0 Å². The van der Waals surface area contributed by atoms with Crippen molar-refractivity contribution in [2.75, 3.05) is 13.6 Å². The van der Waals surface area contributed by atoms with E-state index in [0.717, 1.165) is 31.5 Å². The molecule has 0 N–H and O–H groups in total. The molecular weight excluding hydrogens is 564 g/mol. The summed E-state index contributed by atoms with van der Waals surface area (Å²) in [6, 6.07) is 0. The van der Waals surface area contributed by atoms with Crippen LogP contribution in [0.15, 0.2) is 36.1 Å². The number of unbranched alkanes of at least 4 members (excludes halogenated alkanes) is 22. The van der Waals surface area contributed by atoms with E-state index in [4.69, 9.17) is 0 Å². The number of carbonyl (C=O) groups excluding carboxylic acids is 2. The number of hydrogen-bond donors (Lipinski definition) is 0. The highest BCUT2D eigenvalue weighted by atomic mass is 16.2. The first kappa shape index (κ1) is 42.1. The molecule has 0 aromatic rings. The number of amidine groups is 1. The Bertz CT molecular complexity index is 897. The quantitative estimate of drug-likeness (QED) is 0.0430. The fourth-order valence-electron chi connectivity index (χ4n) is 6.29. The molecule has 1 aliphatic rings. The molecule has 0 radical (unpaired) electrons. The van der Waals surface area contributed by atoms with Crippen LogP contribution in [-0.4, -0.2) is 40.6 Å². The Morgan fingerprint density at radius 1 is 0.587 bits per heavy atom. The Kier molecular flexibility index (Phi) is 27.8. The fraction of sp³-hybridized carbons (Fsp3) is 0.786. The molecule has 46 heavy (non-hydrogen) atoms. The molecule has 0 saturated heterocycles. The second-order valence-electron chi connectivity index (χ2n) is 13.8. The van der Waals surface area contributed by atoms with Crippen LogP contribution in [0.5, 0.6) is 0 Å². The number of Topliss-reactive ketones (excluding diaryl/α,β-unsaturated/α-hetero) is 1. The van der Waals surface area contributed by atoms with Crippen LogP contribution in [0.3, 0.4) is 0 Å². The van der Waals surface area contributed by atoms with Crippen molar-refractivity contribution in [1.29, 1.82) is 0 Å². The normalized spacial score (nSPS) is 13.8. The maximum atomic E-state index is 13.3. The van der Waals surface area contributed by atoms with E-state index in [0.29, 0.717) is 25.1 Å². The molecule has 4 heteroatoms. The highest BCUT2D eigenvalue weighted by Crippen LogP contribution is 2.19. The molecule has 0 bridgehead atoms. The number of likely N-dealkylation sites (N-methyl/N-ethyl adjacent to an activating group) is 1. The van der Waals surface area contributed by atoms with E-state index in [1.807, 2.05) is 20.0 Å². The summed E-state index contributed by atoms with van der Waals surface area (Å²) in [7, 11) is 2.00. The van der Waals surface area contributed by atoms with Gasteiger partial charge in [0.05, 0.1) is 13.5 Å². The van der Waals surface area contributed by atoms with Crippen molar-refractivity contribution in [2.24, 2.45) is 0 Å². The molecule has 0 fully saturated rings. The highest BCUT2D eigenvalue weighted by molar-refractivity contribution is 6.07. The van der Waals surface area contributed by atoms with Gasteiger partial charge in [-0.25, -0.2) is 4.79 Å². The molecule has 1 heterocycles. The van der Waals surface area contributed by atoms with E-state index in [-0.39, 0.29) is 11.7 Å². The Hall–Kier alpha value is -1.97. The van der Waals surface area contributed by atoms with Crippen LogP contribution in [0.1, 0.15) is 201 Å². The second-order valence-corrected chi connectivity index (χ2v) is 13.8. The van der Waals surface area contributed by atoms with Gasteiger partial charge < -0.3 is 0 Å². The van der Waals surface area contributed by atoms with Gasteiger partial charge in [-0.2, -0.15) is 4.90 Å². The molecule has 0 atom stereocenters. The number of hydrogen-bond acceptors (Lipinski definition) is 2. The van der Waals surface area contributed by atoms with Gasteiger partial charge in [0.1, 0.15) is 6.54 Å². The molecule has 0 aromatic carbocycles. The minimum atomic E-state index is 0.0748. The average Bonchev–Trinajstić information content (AvgIpc) is 3.05. The first-order chi connectivity index (χ1) is 22.5. The lowest BCUT2D eigenvalue weighted by molar-refractivity contribution is -0.493. The number of rotatable bonds is 31. The SMILES string of the molecule is CCCCCCCC/C=C\CCCCCCCC(=O)C1=CC[N+](C)=C(C)N1C(=O)CCCCCCC/C=C\CCCCCCCC. The molecule has 0 unspecified atom stereocenters. The first-order valence-corrected chi connectivity index (χ1v) is 19.9. The largest absolute Gasteiger partial charge is 0.314 e. The molecule has 264 valence electrons. The van der Waals surface area contributed by atoms with E-state index in [2.05, 4.69) is 42.7 Å². The van der Waals surface area contributed by atoms with E-state index in [1.54, 1.807) is 4.90 Å². The minimum absolute atomic E-state index is 0.0748. The Labute approximate surface area is 286 Å². The fourth-order valence-corrected chi connectivity index (χ4v) is 6.29. The van der Waals surface area contributed by atoms with Crippen LogP contribution < -0.4 is 0 Å². The van der Waals surface area contributed by atoms with Crippen LogP contribution in [0, 0.1) is 0 Å². The molecule has 0 saturated carbocycles. The maximum absolute atomic E-state index is 13.3. The first-order valence-electron chi connectivity index (χ1n) is 19.9. The van der Waals surface area contributed by atoms with Crippen molar-refractivity contribution in [3.63, 3.8) is 0 Å². The zero-order valence-electron chi connectivity index (χ0n) is 31.1. The molecule has 1 rings (SSSR count). The van der Waals surface area contributed by atoms with Gasteiger partial charge in [-0.3, -0.25) is 9.37 Å². The van der Waals surface area contributed by atoms with Crippen LogP contribution in [0.25, 0.3) is 0 Å². The molecule has 0 spiro atoms. The Morgan fingerprint density at radius 2 is 0.957 bits per heavy atom. The number of carbonyl (C=O) groups is 2. The lowest BCUT2D eigenvalue weighted by atomic mass is 10.0. The van der Waals surface area contributed by atoms with Gasteiger partial charge in [-0.15, -0.1) is 0 Å². The summed E-state index contributed by atoms with van der Waals surface area (Å²) in [6.45, 7) is 7.21. The predicted octanol–water partition coefficient (Wildman–Crippen LogP) is 12.4. The van der Waals surface area contributed by atoms with E-state index >= 15 is 0 Å². The third kappa shape index (κ3) is 21.8. The summed E-state index contributed by atoms with van der Waals surface area (Å²) in [4.78, 5) is 28.2. The van der Waals surface area contributed by atoms with Gasteiger partial charge in [0, 0.05) is 19.4 Å². The highest BCUT2D eigenvalue weighted by Gasteiger charge is 2.35. The standard InChI is InChI=1S/C42H75N2O2/c1-5-7-9-11-13-15-17-19-21-23-25-27-29-31-33-35-41(45)40-37-38-43(4)39(3)44(40)42(46)36-34-32-30-28-26-24-22-20-18-16-14-12-10-8-6-2/h19-22,37H,5-18,23-36,38H2,1-4H3/q+1/b21-19-,22-20-. The summed E-state index contributed by atoms with van der Waals surface area (Å²) in [6.07, 6.45) is 45.0. The zero-order valence-corrected chi connectivity index (χ0v) is 31.1. The lowest BCUT2D eigenvalue weighted by Gasteiger charge is -2.22. The molecule has 0 aliphatic carbocycles. The van der Waals surface area contributed by atoms with Crippen molar-refractivity contribution < 1.29 is 14.2 Å². The number of nitrogens with zero attached hydrogens (tertiary/aromatic N) is 2. The maximum Gasteiger partial charge on any atom is 0.314 e. The summed E-state index contributed by atoms with van der Waals surface area (Å²) in [5.41, 5.74) is 0.615. The third-order valence-corrected chi connectivity index (χ3v) is 9.53. The van der Waals surface area contributed by atoms with Crippen LogP contribution in [0.4, 0.5) is 0 Å². The smallest absolute Gasteiger partial charge is 0.290 e. The molecule has 1 amide bonds. The van der Waals surface area contributed by atoms with Gasteiger partial charge in [-0.05, 0) is 64.2 Å². The number of allylic oxidation sites excluding steroid dienone is 5. The van der Waals surface area contributed by atoms with E-state index in [9.17, 15) is 9.59 Å². The third-order valence-electron chi connectivity index (χ3n) is 9.53. The van der Waals surface area contributed by atoms with Crippen molar-refractivity contribution in [3.05, 3.63) is 36.1 Å². The molecule has 0 aromatic heterocycles. The molecule has 1 aliphatic heterocycles. The Morgan fingerprint density at radius 3 is 1.39 bits per heavy atom. The topological polar surface area (TPSA) is 40.4 Å². The summed E-state index contributed by atoms with van der Waals surface area (Å²) < 4.78 is 2.07. The monoisotopic (exact) mass is 640 g/mol. The van der Waals surface area contributed by atoms with Gasteiger partial charge in [0.15, 0.2) is 5.70 Å². The van der Waals surface area contributed by atoms with Crippen molar-refractivity contribution in [3.8, 4) is 0 Å². The van der Waals surface area contributed by atoms with Gasteiger partial charge >= 0.3 is 5.91 Å². The van der Waals surface area contributed by atoms with Gasteiger partial charge in [0.25, 0.3) is 5.84 Å². The lowest BCUT2D eigenvalue weighted by Crippen LogP contribution is -2.44. The summed E-state index contributed by atoms with van der Waals surface area (Å²) in [5.74, 6) is 1.09. The average molecular weight is 640 g/mol. The second kappa shape index (κ2) is 30.4. The van der Waals surface area contributed by atoms with Gasteiger partial charge in [-0.1, -0.05) is 141 Å². The predicted molar refractivity (Wildman–Crippen MR) is 201 cm³/mol. The van der Waals surface area contributed by atoms with Crippen molar-refractivity contribution >= 4 is 17.5 Å². The number of amides is 1. The minimum Gasteiger partial charge on any atom is -0.290 e. The molecular formula is C42H75N2O2+. The zero-order chi connectivity index (χ0) is 33.5. The van der Waals surface area contributed by atoms with Crippen LogP contribution in [-0.2, 0) is 9.59 Å². The molecule has 4 nitrogen and oxygen atoms in total. The summed E-state index contributed by atoms with van der Waals surface area (Å²) in [5, 5.41) is 0. The van der Waals surface area contributed by atoms with E-state index in [1.165, 1.54) is 141 Å². The van der Waals surface area contributed by atoms with Crippen LogP contribution in [0.2, 0.25) is 0 Å². The van der Waals surface area contributed by atoms with Crippen LogP contribution >= 0.6 is 0 Å². The number of ketones is 1. The Balaban J connectivity index is 2.18. The van der Waals surface area contributed by atoms with Crippen molar-refractivity contribution in [2.45, 2.75) is 201 Å². The summed E-state index contributed by atoms with van der Waals surface area (Å²) >= 11 is 0. The van der Waals surface area contributed by atoms with Crippen molar-refractivity contribution in [1.82, 2.24) is 4.90 Å².